The van der Waals surface area contributed by atoms with Gasteiger partial charge in [0.1, 0.15) is 7.59 Å². The minimum Gasteiger partial charge on any atom is -0.0776 e. The van der Waals surface area contributed by atoms with Crippen LogP contribution in [0.5, 0.6) is 0 Å². The van der Waals surface area contributed by atoms with E-state index in [1.54, 1.807) is 10.4 Å². The lowest BCUT2D eigenvalue weighted by molar-refractivity contribution is 0.795. The Morgan fingerprint density at radius 1 is 0.645 bits per heavy atom. The zero-order valence-corrected chi connectivity index (χ0v) is 23.3. The second-order valence-corrected chi connectivity index (χ2v) is 29.3. The molecule has 0 amide bonds. The lowest BCUT2D eigenvalue weighted by Gasteiger charge is -2.44. The van der Waals surface area contributed by atoms with Crippen molar-refractivity contribution in [2.24, 2.45) is 0 Å². The highest BCUT2D eigenvalue weighted by molar-refractivity contribution is 7.52. The summed E-state index contributed by atoms with van der Waals surface area (Å²) in [7, 11) is -3.81. The number of rotatable bonds is 11. The summed E-state index contributed by atoms with van der Waals surface area (Å²) in [5.41, 5.74) is 4.54. The van der Waals surface area contributed by atoms with Crippen molar-refractivity contribution >= 4 is 34.4 Å². The molecule has 0 saturated carbocycles. The van der Waals surface area contributed by atoms with Crippen LogP contribution >= 0.6 is 0 Å². The molecule has 176 valence electrons. The van der Waals surface area contributed by atoms with E-state index in [-0.39, 0.29) is 14.9 Å². The maximum Gasteiger partial charge on any atom is 0.107 e. The van der Waals surface area contributed by atoms with Crippen LogP contribution in [-0.2, 0) is 12.8 Å². The fourth-order valence-electron chi connectivity index (χ4n) is 4.86. The summed E-state index contributed by atoms with van der Waals surface area (Å²) >= 11 is 0. The lowest BCUT2D eigenvalue weighted by atomic mass is 10.1. The maximum atomic E-state index is 2.64. The van der Waals surface area contributed by atoms with E-state index in [9.17, 15) is 0 Å². The van der Waals surface area contributed by atoms with Crippen molar-refractivity contribution in [3.8, 4) is 0 Å². The van der Waals surface area contributed by atoms with Crippen LogP contribution in [-0.4, -0.2) is 24.0 Å². The number of aryl methyl sites for hydroxylation is 2. The smallest absolute Gasteiger partial charge is 0.0776 e. The second-order valence-electron chi connectivity index (χ2n) is 10.4. The third-order valence-electron chi connectivity index (χ3n) is 6.53. The molecule has 0 aromatic heterocycles. The van der Waals surface area contributed by atoms with Gasteiger partial charge in [0.05, 0.1) is 0 Å². The molecule has 0 fully saturated rings. The Morgan fingerprint density at radius 3 is 1.26 bits per heavy atom. The number of unbranched alkanes of at least 4 members (excludes halogenated alkanes) is 2. The molecule has 0 heterocycles. The van der Waals surface area contributed by atoms with Crippen molar-refractivity contribution in [1.82, 2.24) is 0 Å². The van der Waals surface area contributed by atoms with Crippen LogP contribution in [0.3, 0.4) is 0 Å². The summed E-state index contributed by atoms with van der Waals surface area (Å²) < 4.78 is 0. The van der Waals surface area contributed by atoms with Crippen LogP contribution in [0.2, 0.25) is 38.4 Å². The topological polar surface area (TPSA) is 0 Å². The van der Waals surface area contributed by atoms with Gasteiger partial charge in [0.2, 0.25) is 0 Å². The van der Waals surface area contributed by atoms with Gasteiger partial charge < -0.3 is 0 Å². The normalized spacial score (nSPS) is 11.7. The molecule has 0 aliphatic heterocycles. The van der Waals surface area contributed by atoms with Gasteiger partial charge in [0.15, 0.2) is 0 Å². The van der Waals surface area contributed by atoms with E-state index in [2.05, 4.69) is 95.1 Å². The summed E-state index contributed by atoms with van der Waals surface area (Å²) in [6.45, 7) is 17.6. The van der Waals surface area contributed by atoms with E-state index in [1.807, 2.05) is 0 Å². The van der Waals surface area contributed by atoms with Crippen molar-refractivity contribution in [1.29, 1.82) is 0 Å². The molecule has 0 nitrogen and oxygen atoms in total. The van der Waals surface area contributed by atoms with Crippen LogP contribution < -0.4 is 10.4 Å². The molecule has 0 unspecified atom stereocenters. The Morgan fingerprint density at radius 2 is 1.00 bits per heavy atom. The zero-order valence-electron chi connectivity index (χ0n) is 20.1. The first-order valence-corrected chi connectivity index (χ1v) is 21.8. The average molecular weight is 473 g/mol. The molecular weight excluding hydrogens is 421 g/mol. The van der Waals surface area contributed by atoms with Gasteiger partial charge in [-0.3, -0.25) is 0 Å². The van der Waals surface area contributed by atoms with Gasteiger partial charge in [-0.1, -0.05) is 139 Å². The molecule has 0 N–H and O–H groups in total. The van der Waals surface area contributed by atoms with Crippen LogP contribution in [0.25, 0.3) is 0 Å². The molecule has 0 aliphatic carbocycles. The summed E-state index contributed by atoms with van der Waals surface area (Å²) in [6, 6.07) is 20.0. The second kappa shape index (κ2) is 13.6. The van der Waals surface area contributed by atoms with Crippen molar-refractivity contribution in [2.75, 3.05) is 0 Å². The first kappa shape index (κ1) is 30.1. The Labute approximate surface area is 199 Å². The number of benzene rings is 2. The summed E-state index contributed by atoms with van der Waals surface area (Å²) in [5.74, 6) is 0. The highest BCUT2D eigenvalue weighted by Gasteiger charge is 2.48. The highest BCUT2D eigenvalue weighted by Crippen LogP contribution is 2.26. The predicted molar refractivity (Wildman–Crippen MR) is 156 cm³/mol. The van der Waals surface area contributed by atoms with Crippen molar-refractivity contribution in [3.63, 3.8) is 0 Å². The van der Waals surface area contributed by atoms with Crippen LogP contribution in [0.1, 0.15) is 65.5 Å². The quantitative estimate of drug-likeness (QED) is 0.294. The van der Waals surface area contributed by atoms with E-state index >= 15 is 0 Å². The first-order chi connectivity index (χ1) is 13.7. The molecule has 0 spiro atoms. The zero-order chi connectivity index (χ0) is 21.5. The Hall–Kier alpha value is -0.909. The molecule has 2 aromatic carbocycles. The molecule has 2 aromatic rings. The lowest BCUT2D eigenvalue weighted by Crippen LogP contribution is -2.74. The fourth-order valence-corrected chi connectivity index (χ4v) is 33.0. The highest BCUT2D eigenvalue weighted by atomic mass is 29.3. The third-order valence-corrected chi connectivity index (χ3v) is 28.7. The molecular formula is C28H52Si3. The van der Waals surface area contributed by atoms with Gasteiger partial charge in [-0.2, -0.15) is 0 Å². The molecule has 3 heteroatoms. The van der Waals surface area contributed by atoms with Crippen LogP contribution in [0.4, 0.5) is 0 Å². The summed E-state index contributed by atoms with van der Waals surface area (Å²) in [5, 5.41) is 3.42. The van der Waals surface area contributed by atoms with Crippen molar-refractivity contribution in [2.45, 2.75) is 106 Å². The Kier molecular flexibility index (Phi) is 13.2. The monoisotopic (exact) mass is 472 g/mol. The van der Waals surface area contributed by atoms with E-state index < -0.39 is 24.0 Å². The van der Waals surface area contributed by atoms with E-state index in [0.29, 0.717) is 0 Å². The molecule has 0 saturated heterocycles. The fraction of sp³-hybridized carbons (Fsp3) is 0.571. The van der Waals surface area contributed by atoms with Crippen LogP contribution in [0, 0.1) is 0 Å². The Balaban J connectivity index is 0.00000450. The van der Waals surface area contributed by atoms with E-state index in [1.165, 1.54) is 55.3 Å². The van der Waals surface area contributed by atoms with Gasteiger partial charge in [-0.05, 0) is 36.8 Å². The molecule has 0 bridgehead atoms. The molecule has 0 radical (unpaired) electrons. The van der Waals surface area contributed by atoms with E-state index in [4.69, 9.17) is 0 Å². The Bertz CT molecular complexity index is 673. The first-order valence-electron chi connectivity index (χ1n) is 11.9. The van der Waals surface area contributed by atoms with Gasteiger partial charge in [0, 0.05) is 16.4 Å². The predicted octanol–water partition coefficient (Wildman–Crippen LogP) is 7.65. The third kappa shape index (κ3) is 7.57. The van der Waals surface area contributed by atoms with Crippen molar-refractivity contribution < 1.29 is 0 Å². The van der Waals surface area contributed by atoms with Crippen LogP contribution in [0.15, 0.2) is 48.5 Å². The van der Waals surface area contributed by atoms with Gasteiger partial charge >= 0.3 is 0 Å². The van der Waals surface area contributed by atoms with Gasteiger partial charge in [-0.25, -0.2) is 0 Å². The minimum atomic E-state index is -1.72. The minimum absolute atomic E-state index is 0. The SMILES string of the molecule is C.C.CCCCc1ccc([Si](C[SiH](C)C)(c2ccc(CCCC)cc2)[Si](C)(C)C)cc1. The molecule has 2 rings (SSSR count). The summed E-state index contributed by atoms with van der Waals surface area (Å²) in [4.78, 5) is 0. The van der Waals surface area contributed by atoms with E-state index in [0.717, 1.165) is 0 Å². The largest absolute Gasteiger partial charge is 0.107 e. The van der Waals surface area contributed by atoms with Gasteiger partial charge in [-0.15, -0.1) is 0 Å². The average Bonchev–Trinajstić information content (AvgIpc) is 2.68. The van der Waals surface area contributed by atoms with Crippen molar-refractivity contribution in [3.05, 3.63) is 59.7 Å². The molecule has 0 atom stereocenters. The number of hydrogen-bond donors (Lipinski definition) is 0. The number of hydrogen-bond acceptors (Lipinski definition) is 0. The molecule has 0 aliphatic rings. The van der Waals surface area contributed by atoms with Gasteiger partial charge in [0.25, 0.3) is 0 Å². The maximum absolute atomic E-state index is 2.64. The summed E-state index contributed by atoms with van der Waals surface area (Å²) in [6.07, 6.45) is 7.60. The standard InChI is InChI=1S/C26H44Si3.2CH4/c1-8-10-12-23-14-18-25(19-15-23)29(22-27(3)4,28(5,6)7)26-20-16-24(17-21-26)13-11-9-2;;/h14-21,27H,8-13,22H2,1-7H3;2*1H4. The molecule has 31 heavy (non-hydrogen) atoms.